The number of carbonyl (C=O) groups excluding carboxylic acids is 3. The molecule has 0 spiro atoms. The van der Waals surface area contributed by atoms with Gasteiger partial charge in [-0.25, -0.2) is 0 Å². The minimum absolute atomic E-state index is 0.000298. The SMILES string of the molecule is Cc1cc2c(c(Cl)c1C(=O)N[C@@H](CNC(=O)c1cccs1)C(=O)I)CCN(Cc1ccccc1)C2. The summed E-state index contributed by atoms with van der Waals surface area (Å²) >= 11 is 9.71. The average Bonchev–Trinajstić information content (AvgIpc) is 3.37. The normalized spacial score (nSPS) is 14.1. The average molecular weight is 622 g/mol. The number of fused-ring (bicyclic) bond motifs is 1. The van der Waals surface area contributed by atoms with Gasteiger partial charge in [-0.15, -0.1) is 11.3 Å². The maximum absolute atomic E-state index is 13.2. The van der Waals surface area contributed by atoms with Crippen LogP contribution in [0, 0.1) is 6.92 Å². The molecule has 2 heterocycles. The summed E-state index contributed by atoms with van der Waals surface area (Å²) in [6.07, 6.45) is 0.743. The number of halogens is 2. The standard InChI is InChI=1S/C26H25ClIN3O3S/c1-16-12-18-15-31(14-17-6-3-2-4-7-17)10-9-19(18)23(27)22(16)26(34)30-20(24(28)32)13-29-25(33)21-8-5-11-35-21/h2-8,11-12,20H,9-10,13-15H2,1H3,(H,29,33)(H,30,34)/t20-/m0/s1. The van der Waals surface area contributed by atoms with E-state index in [2.05, 4.69) is 27.7 Å². The van der Waals surface area contributed by atoms with Gasteiger partial charge in [0.25, 0.3) is 11.8 Å². The van der Waals surface area contributed by atoms with Crippen molar-refractivity contribution in [1.82, 2.24) is 15.5 Å². The molecule has 0 unspecified atom stereocenters. The zero-order chi connectivity index (χ0) is 24.9. The van der Waals surface area contributed by atoms with Crippen LogP contribution in [0.1, 0.15) is 42.3 Å². The van der Waals surface area contributed by atoms with Gasteiger partial charge in [-0.2, -0.15) is 0 Å². The van der Waals surface area contributed by atoms with Gasteiger partial charge in [0.15, 0.2) is 0 Å². The van der Waals surface area contributed by atoms with E-state index < -0.39 is 11.9 Å². The molecule has 9 heteroatoms. The van der Waals surface area contributed by atoms with Crippen LogP contribution in [0.5, 0.6) is 0 Å². The van der Waals surface area contributed by atoms with Gasteiger partial charge in [0.05, 0.1) is 15.5 Å². The highest BCUT2D eigenvalue weighted by molar-refractivity contribution is 14.1. The van der Waals surface area contributed by atoms with Crippen LogP contribution >= 0.6 is 45.5 Å². The van der Waals surface area contributed by atoms with Crippen molar-refractivity contribution >= 4 is 61.1 Å². The van der Waals surface area contributed by atoms with Crippen molar-refractivity contribution in [1.29, 1.82) is 0 Å². The molecule has 0 radical (unpaired) electrons. The van der Waals surface area contributed by atoms with Gasteiger partial charge in [0, 0.05) is 48.8 Å². The van der Waals surface area contributed by atoms with Gasteiger partial charge in [-0.3, -0.25) is 19.3 Å². The lowest BCUT2D eigenvalue weighted by molar-refractivity contribution is -0.110. The minimum Gasteiger partial charge on any atom is -0.349 e. The minimum atomic E-state index is -0.861. The van der Waals surface area contributed by atoms with Crippen LogP contribution in [0.4, 0.5) is 0 Å². The lowest BCUT2D eigenvalue weighted by Gasteiger charge is -2.30. The molecule has 2 aromatic carbocycles. The second-order valence-corrected chi connectivity index (χ2v) is 10.9. The van der Waals surface area contributed by atoms with Gasteiger partial charge in [0.2, 0.25) is 3.79 Å². The summed E-state index contributed by atoms with van der Waals surface area (Å²) in [7, 11) is 0. The lowest BCUT2D eigenvalue weighted by atomic mass is 9.93. The molecule has 0 aliphatic carbocycles. The molecule has 0 saturated heterocycles. The smallest absolute Gasteiger partial charge is 0.261 e. The lowest BCUT2D eigenvalue weighted by Crippen LogP contribution is -2.47. The first-order valence-corrected chi connectivity index (χ1v) is 13.6. The molecule has 35 heavy (non-hydrogen) atoms. The molecule has 1 atom stereocenters. The van der Waals surface area contributed by atoms with Gasteiger partial charge in [-0.05, 0) is 47.0 Å². The molecule has 2 N–H and O–H groups in total. The Balaban J connectivity index is 1.46. The second-order valence-electron chi connectivity index (χ2n) is 8.48. The van der Waals surface area contributed by atoms with Crippen LogP contribution in [0.3, 0.4) is 0 Å². The summed E-state index contributed by atoms with van der Waals surface area (Å²) in [6, 6.07) is 15.0. The van der Waals surface area contributed by atoms with Crippen molar-refractivity contribution in [2.75, 3.05) is 13.1 Å². The zero-order valence-electron chi connectivity index (χ0n) is 19.1. The largest absolute Gasteiger partial charge is 0.349 e. The van der Waals surface area contributed by atoms with E-state index in [0.717, 1.165) is 42.7 Å². The Morgan fingerprint density at radius 2 is 1.91 bits per heavy atom. The number of benzene rings is 2. The fourth-order valence-electron chi connectivity index (χ4n) is 4.25. The monoisotopic (exact) mass is 621 g/mol. The van der Waals surface area contributed by atoms with Gasteiger partial charge in [0.1, 0.15) is 6.04 Å². The topological polar surface area (TPSA) is 78.5 Å². The molecular formula is C26H25ClIN3O3S. The van der Waals surface area contributed by atoms with Crippen LogP contribution in [0.15, 0.2) is 53.9 Å². The Morgan fingerprint density at radius 1 is 1.14 bits per heavy atom. The summed E-state index contributed by atoms with van der Waals surface area (Å²) < 4.78 is -0.272. The van der Waals surface area contributed by atoms with E-state index in [4.69, 9.17) is 11.6 Å². The quantitative estimate of drug-likeness (QED) is 0.281. The first-order valence-electron chi connectivity index (χ1n) is 11.2. The molecule has 4 rings (SSSR count). The van der Waals surface area contributed by atoms with Crippen LogP contribution in [0.2, 0.25) is 5.02 Å². The van der Waals surface area contributed by atoms with E-state index >= 15 is 0 Å². The number of hydrogen-bond acceptors (Lipinski definition) is 5. The van der Waals surface area contributed by atoms with Crippen LogP contribution in [0.25, 0.3) is 0 Å². The number of amides is 2. The van der Waals surface area contributed by atoms with E-state index in [1.54, 1.807) is 40.1 Å². The Morgan fingerprint density at radius 3 is 2.60 bits per heavy atom. The molecule has 6 nitrogen and oxygen atoms in total. The van der Waals surface area contributed by atoms with E-state index in [1.807, 2.05) is 31.2 Å². The third-order valence-corrected chi connectivity index (χ3v) is 8.03. The van der Waals surface area contributed by atoms with Crippen molar-refractivity contribution < 1.29 is 14.4 Å². The molecular weight excluding hydrogens is 597 g/mol. The van der Waals surface area contributed by atoms with Gasteiger partial charge >= 0.3 is 0 Å². The third kappa shape index (κ3) is 6.30. The molecule has 3 aromatic rings. The number of hydrogen-bond donors (Lipinski definition) is 2. The highest BCUT2D eigenvalue weighted by Crippen LogP contribution is 2.32. The zero-order valence-corrected chi connectivity index (χ0v) is 22.9. The molecule has 0 fully saturated rings. The second kappa shape index (κ2) is 11.6. The van der Waals surface area contributed by atoms with Crippen LogP contribution < -0.4 is 10.6 Å². The molecule has 0 bridgehead atoms. The Kier molecular flexibility index (Phi) is 8.59. The third-order valence-electron chi connectivity index (χ3n) is 6.00. The molecule has 1 aromatic heterocycles. The Bertz CT molecular complexity index is 1230. The first-order chi connectivity index (χ1) is 16.8. The Labute approximate surface area is 227 Å². The van der Waals surface area contributed by atoms with Crippen molar-refractivity contribution in [3.8, 4) is 0 Å². The maximum atomic E-state index is 13.2. The van der Waals surface area contributed by atoms with Gasteiger partial charge < -0.3 is 10.6 Å². The number of carbonyl (C=O) groups is 3. The Hall–Kier alpha value is -2.27. The number of rotatable bonds is 8. The highest BCUT2D eigenvalue weighted by atomic mass is 127. The predicted octanol–water partition coefficient (Wildman–Crippen LogP) is 4.76. The molecule has 2 amide bonds. The fraction of sp³-hybridized carbons (Fsp3) is 0.269. The molecule has 182 valence electrons. The summed E-state index contributed by atoms with van der Waals surface area (Å²) in [5, 5.41) is 7.73. The summed E-state index contributed by atoms with van der Waals surface area (Å²) in [5.74, 6) is -0.692. The number of thiophene rings is 1. The van der Waals surface area contributed by atoms with Crippen molar-refractivity contribution in [3.63, 3.8) is 0 Å². The van der Waals surface area contributed by atoms with Crippen molar-refractivity contribution in [3.05, 3.63) is 91.6 Å². The predicted molar refractivity (Wildman–Crippen MR) is 147 cm³/mol. The van der Waals surface area contributed by atoms with E-state index in [1.165, 1.54) is 16.9 Å². The fourth-order valence-corrected chi connectivity index (χ4v) is 5.72. The van der Waals surface area contributed by atoms with Crippen molar-refractivity contribution in [2.45, 2.75) is 32.5 Å². The van der Waals surface area contributed by atoms with Crippen LogP contribution in [-0.2, 0) is 24.3 Å². The van der Waals surface area contributed by atoms with Gasteiger partial charge in [-0.1, -0.05) is 54.1 Å². The number of aryl methyl sites for hydroxylation is 1. The first kappa shape index (κ1) is 25.8. The summed E-state index contributed by atoms with van der Waals surface area (Å²) in [5.41, 5.74) is 4.51. The van der Waals surface area contributed by atoms with Crippen molar-refractivity contribution in [2.24, 2.45) is 0 Å². The summed E-state index contributed by atoms with van der Waals surface area (Å²) in [6.45, 7) is 4.32. The summed E-state index contributed by atoms with van der Waals surface area (Å²) in [4.78, 5) is 40.5. The van der Waals surface area contributed by atoms with E-state index in [9.17, 15) is 14.4 Å². The van der Waals surface area contributed by atoms with E-state index in [-0.39, 0.29) is 16.2 Å². The van der Waals surface area contributed by atoms with Crippen LogP contribution in [-0.4, -0.2) is 39.6 Å². The molecule has 0 saturated carbocycles. The number of nitrogens with zero attached hydrogens (tertiary/aromatic N) is 1. The molecule has 1 aliphatic rings. The number of nitrogens with one attached hydrogen (secondary N) is 2. The highest BCUT2D eigenvalue weighted by Gasteiger charge is 2.27. The maximum Gasteiger partial charge on any atom is 0.261 e. The van der Waals surface area contributed by atoms with E-state index in [0.29, 0.717) is 15.5 Å². The molecule has 1 aliphatic heterocycles.